The van der Waals surface area contributed by atoms with Gasteiger partial charge in [-0.1, -0.05) is 12.1 Å². The fourth-order valence-electron chi connectivity index (χ4n) is 3.27. The van der Waals surface area contributed by atoms with Crippen molar-refractivity contribution in [2.75, 3.05) is 13.2 Å². The number of hydrogen-bond acceptors (Lipinski definition) is 4. The summed E-state index contributed by atoms with van der Waals surface area (Å²) in [4.78, 5) is 24.8. The third-order valence-corrected chi connectivity index (χ3v) is 5.65. The molecule has 138 valence electrons. The minimum absolute atomic E-state index is 0.184. The van der Waals surface area contributed by atoms with Crippen LogP contribution in [0.25, 0.3) is 0 Å². The Hall–Kier alpha value is -1.67. The molecular formula is C20H22INO4. The number of nitrogens with zero attached hydrogens (tertiary/aromatic N) is 1. The maximum Gasteiger partial charge on any atom is 0.339 e. The van der Waals surface area contributed by atoms with Crippen LogP contribution in [-0.2, 0) is 16.0 Å². The molecule has 0 amide bonds. The second-order valence-corrected chi connectivity index (χ2v) is 7.67. The van der Waals surface area contributed by atoms with E-state index in [0.29, 0.717) is 11.1 Å². The first-order valence-corrected chi connectivity index (χ1v) is 9.78. The highest BCUT2D eigenvalue weighted by Gasteiger charge is 2.22. The highest BCUT2D eigenvalue weighted by Crippen LogP contribution is 2.21. The van der Waals surface area contributed by atoms with Gasteiger partial charge in [-0.25, -0.2) is 4.79 Å². The Morgan fingerprint density at radius 1 is 1.27 bits per heavy atom. The Kier molecular flexibility index (Phi) is 6.13. The van der Waals surface area contributed by atoms with Gasteiger partial charge in [-0.3, -0.25) is 4.79 Å². The average Bonchev–Trinajstić information content (AvgIpc) is 3.23. The molecule has 2 heterocycles. The molecule has 1 atom stereocenters. The average molecular weight is 467 g/mol. The normalized spacial score (nSPS) is 16.7. The summed E-state index contributed by atoms with van der Waals surface area (Å²) in [6, 6.07) is 9.03. The predicted octanol–water partition coefficient (Wildman–Crippen LogP) is 3.93. The van der Waals surface area contributed by atoms with E-state index in [9.17, 15) is 9.59 Å². The summed E-state index contributed by atoms with van der Waals surface area (Å²) in [7, 11) is 0. The molecule has 0 saturated carbocycles. The second-order valence-electron chi connectivity index (χ2n) is 6.51. The smallest absolute Gasteiger partial charge is 0.339 e. The standard InChI is InChI=1S/C20H22INO4/c1-13-10-17(14(2)22(13)11-15-6-5-9-25-15)19(23)12-26-20(24)16-7-3-4-8-18(16)21/h3-4,7-8,10,15H,5-6,9,11-12H2,1-2H3/t15-/m0/s1. The van der Waals surface area contributed by atoms with Crippen molar-refractivity contribution >= 4 is 34.3 Å². The molecule has 1 aromatic carbocycles. The molecule has 1 saturated heterocycles. The molecule has 0 radical (unpaired) electrons. The predicted molar refractivity (Wildman–Crippen MR) is 107 cm³/mol. The summed E-state index contributed by atoms with van der Waals surface area (Å²) in [6.45, 7) is 5.22. The number of benzene rings is 1. The van der Waals surface area contributed by atoms with Crippen molar-refractivity contribution in [2.24, 2.45) is 0 Å². The minimum atomic E-state index is -0.475. The van der Waals surface area contributed by atoms with Crippen LogP contribution in [-0.4, -0.2) is 35.6 Å². The van der Waals surface area contributed by atoms with Crippen LogP contribution in [0, 0.1) is 17.4 Å². The lowest BCUT2D eigenvalue weighted by molar-refractivity contribution is 0.0473. The summed E-state index contributed by atoms with van der Waals surface area (Å²) in [6.07, 6.45) is 2.35. The van der Waals surface area contributed by atoms with Gasteiger partial charge in [-0.15, -0.1) is 0 Å². The number of ether oxygens (including phenoxy) is 2. The molecule has 1 aliphatic rings. The largest absolute Gasteiger partial charge is 0.454 e. The lowest BCUT2D eigenvalue weighted by Gasteiger charge is -2.14. The topological polar surface area (TPSA) is 57.5 Å². The molecule has 2 aromatic rings. The number of esters is 1. The molecule has 0 aliphatic carbocycles. The number of ketones is 1. The quantitative estimate of drug-likeness (QED) is 0.367. The van der Waals surface area contributed by atoms with Crippen LogP contribution >= 0.6 is 22.6 Å². The van der Waals surface area contributed by atoms with Gasteiger partial charge in [0, 0.05) is 33.7 Å². The number of halogens is 1. The molecule has 3 rings (SSSR count). The molecular weight excluding hydrogens is 445 g/mol. The summed E-state index contributed by atoms with van der Waals surface area (Å²) in [5.74, 6) is -0.660. The third-order valence-electron chi connectivity index (χ3n) is 4.71. The van der Waals surface area contributed by atoms with Crippen molar-refractivity contribution in [3.8, 4) is 0 Å². The zero-order valence-electron chi connectivity index (χ0n) is 15.0. The van der Waals surface area contributed by atoms with E-state index in [1.807, 2.05) is 32.0 Å². The number of aryl methyl sites for hydroxylation is 1. The van der Waals surface area contributed by atoms with Crippen molar-refractivity contribution in [2.45, 2.75) is 39.3 Å². The van der Waals surface area contributed by atoms with E-state index in [0.717, 1.165) is 41.0 Å². The first-order valence-electron chi connectivity index (χ1n) is 8.70. The van der Waals surface area contributed by atoms with Gasteiger partial charge >= 0.3 is 5.97 Å². The van der Waals surface area contributed by atoms with E-state index in [4.69, 9.17) is 9.47 Å². The maximum atomic E-state index is 12.6. The fraction of sp³-hybridized carbons (Fsp3) is 0.400. The van der Waals surface area contributed by atoms with Gasteiger partial charge in [0.05, 0.1) is 11.7 Å². The minimum Gasteiger partial charge on any atom is -0.454 e. The molecule has 0 N–H and O–H groups in total. The lowest BCUT2D eigenvalue weighted by Crippen LogP contribution is -2.18. The van der Waals surface area contributed by atoms with Crippen molar-refractivity contribution < 1.29 is 19.1 Å². The van der Waals surface area contributed by atoms with Crippen molar-refractivity contribution in [3.63, 3.8) is 0 Å². The van der Waals surface area contributed by atoms with Gasteiger partial charge in [0.2, 0.25) is 5.78 Å². The lowest BCUT2D eigenvalue weighted by atomic mass is 10.1. The molecule has 5 nitrogen and oxygen atoms in total. The molecule has 6 heteroatoms. The molecule has 26 heavy (non-hydrogen) atoms. The monoisotopic (exact) mass is 467 g/mol. The fourth-order valence-corrected chi connectivity index (χ4v) is 3.88. The number of hydrogen-bond donors (Lipinski definition) is 0. The summed E-state index contributed by atoms with van der Waals surface area (Å²) >= 11 is 2.08. The summed E-state index contributed by atoms with van der Waals surface area (Å²) < 4.78 is 13.9. The SMILES string of the molecule is Cc1cc(C(=O)COC(=O)c2ccccc2I)c(C)n1C[C@@H]1CCCO1. The highest BCUT2D eigenvalue weighted by molar-refractivity contribution is 14.1. The molecule has 0 bridgehead atoms. The van der Waals surface area contributed by atoms with E-state index >= 15 is 0 Å². The third kappa shape index (κ3) is 4.17. The Bertz CT molecular complexity index is 821. The van der Waals surface area contributed by atoms with Crippen LogP contribution < -0.4 is 0 Å². The van der Waals surface area contributed by atoms with Crippen LogP contribution in [0.4, 0.5) is 0 Å². The maximum absolute atomic E-state index is 12.6. The first kappa shape index (κ1) is 19.1. The van der Waals surface area contributed by atoms with Crippen molar-refractivity contribution in [1.29, 1.82) is 0 Å². The van der Waals surface area contributed by atoms with Crippen LogP contribution in [0.2, 0.25) is 0 Å². The number of aromatic nitrogens is 1. The van der Waals surface area contributed by atoms with E-state index in [-0.39, 0.29) is 18.5 Å². The van der Waals surface area contributed by atoms with Gasteiger partial charge in [0.15, 0.2) is 6.61 Å². The molecule has 1 fully saturated rings. The van der Waals surface area contributed by atoms with E-state index in [1.54, 1.807) is 12.1 Å². The highest BCUT2D eigenvalue weighted by atomic mass is 127. The van der Waals surface area contributed by atoms with Crippen LogP contribution in [0.1, 0.15) is 44.9 Å². The second kappa shape index (κ2) is 8.35. The van der Waals surface area contributed by atoms with Crippen LogP contribution in [0.3, 0.4) is 0 Å². The van der Waals surface area contributed by atoms with Gasteiger partial charge in [0.1, 0.15) is 0 Å². The van der Waals surface area contributed by atoms with Gasteiger partial charge in [-0.2, -0.15) is 0 Å². The zero-order valence-corrected chi connectivity index (χ0v) is 17.1. The Labute approximate surface area is 166 Å². The Morgan fingerprint density at radius 3 is 2.73 bits per heavy atom. The zero-order chi connectivity index (χ0) is 18.7. The number of Topliss-reactive ketones (excluding diaryl/α,β-unsaturated/α-hetero) is 1. The Balaban J connectivity index is 1.66. The van der Waals surface area contributed by atoms with E-state index in [1.165, 1.54) is 0 Å². The van der Waals surface area contributed by atoms with Crippen molar-refractivity contribution in [3.05, 3.63) is 56.4 Å². The molecule has 1 aliphatic heterocycles. The first-order chi connectivity index (χ1) is 12.5. The number of carbonyl (C=O) groups excluding carboxylic acids is 2. The number of carbonyl (C=O) groups is 2. The number of rotatable bonds is 6. The summed E-state index contributed by atoms with van der Waals surface area (Å²) in [5, 5.41) is 0. The van der Waals surface area contributed by atoms with Gasteiger partial charge in [0.25, 0.3) is 0 Å². The van der Waals surface area contributed by atoms with Crippen LogP contribution in [0.5, 0.6) is 0 Å². The molecule has 0 unspecified atom stereocenters. The van der Waals surface area contributed by atoms with E-state index < -0.39 is 5.97 Å². The molecule has 1 aromatic heterocycles. The summed E-state index contributed by atoms with van der Waals surface area (Å²) in [5.41, 5.74) is 3.00. The Morgan fingerprint density at radius 2 is 2.04 bits per heavy atom. The van der Waals surface area contributed by atoms with Crippen molar-refractivity contribution in [1.82, 2.24) is 4.57 Å². The van der Waals surface area contributed by atoms with Gasteiger partial charge in [-0.05, 0) is 67.5 Å². The molecule has 0 spiro atoms. The van der Waals surface area contributed by atoms with Gasteiger partial charge < -0.3 is 14.0 Å². The van der Waals surface area contributed by atoms with Crippen LogP contribution in [0.15, 0.2) is 30.3 Å². The van der Waals surface area contributed by atoms with E-state index in [2.05, 4.69) is 27.2 Å².